The molecule has 1 aliphatic heterocycles. The topological polar surface area (TPSA) is 144 Å². The molecule has 38 heavy (non-hydrogen) atoms. The lowest BCUT2D eigenvalue weighted by Crippen LogP contribution is -2.58. The van der Waals surface area contributed by atoms with Crippen LogP contribution in [0.25, 0.3) is 11.1 Å². The van der Waals surface area contributed by atoms with Gasteiger partial charge in [0.1, 0.15) is 18.3 Å². The van der Waals surface area contributed by atoms with Crippen LogP contribution in [0.15, 0.2) is 34.0 Å². The van der Waals surface area contributed by atoms with Crippen LogP contribution in [0.5, 0.6) is 17.2 Å². The molecule has 4 N–H and O–H groups in total. The predicted molar refractivity (Wildman–Crippen MR) is 141 cm³/mol. The Morgan fingerprint density at radius 1 is 1.08 bits per heavy atom. The van der Waals surface area contributed by atoms with E-state index >= 15 is 0 Å². The second-order valence-electron chi connectivity index (χ2n) is 9.35. The molecular weight excluding hydrogens is 514 g/mol. The molecule has 1 amide bonds. The van der Waals surface area contributed by atoms with Crippen molar-refractivity contribution in [3.05, 3.63) is 45.6 Å². The minimum Gasteiger partial charge on any atom is -0.492 e. The van der Waals surface area contributed by atoms with E-state index in [2.05, 4.69) is 5.32 Å². The van der Waals surface area contributed by atoms with Crippen molar-refractivity contribution >= 4 is 17.7 Å². The normalized spacial score (nSPS) is 26.4. The van der Waals surface area contributed by atoms with E-state index in [1.165, 1.54) is 32.9 Å². The van der Waals surface area contributed by atoms with Crippen LogP contribution in [0, 0.1) is 0 Å². The molecule has 2 aromatic carbocycles. The van der Waals surface area contributed by atoms with Crippen molar-refractivity contribution in [2.45, 2.75) is 68.3 Å². The number of hydrogen-bond donors (Lipinski definition) is 4. The first-order valence-corrected chi connectivity index (χ1v) is 13.5. The Kier molecular flexibility index (Phi) is 8.53. The lowest BCUT2D eigenvalue weighted by molar-refractivity contribution is -0.268. The van der Waals surface area contributed by atoms with Crippen molar-refractivity contribution in [1.29, 1.82) is 0 Å². The standard InChI is InChI=1S/C27H33NO9S/c1-12-22(31)23(32)24(33)27(36-12)37-19-10-14-6-8-17(28-13(2)29)16-11-18(30)20(38-5)9-7-15(16)21(14)26(35-4)25(19)34-3/h7,9-12,17,22-24,27,31-33H,6,8H2,1-5H3,(H,28,29)/t12-,17-,22+,23+,24-,27?/m0/s1. The minimum absolute atomic E-state index is 0.151. The Morgan fingerprint density at radius 3 is 2.42 bits per heavy atom. The van der Waals surface area contributed by atoms with Gasteiger partial charge in [-0.3, -0.25) is 9.59 Å². The number of hydrogen-bond acceptors (Lipinski definition) is 10. The molecule has 1 fully saturated rings. The van der Waals surface area contributed by atoms with Gasteiger partial charge in [-0.1, -0.05) is 6.07 Å². The maximum absolute atomic E-state index is 13.0. The van der Waals surface area contributed by atoms with Crippen LogP contribution in [-0.2, 0) is 16.0 Å². The Labute approximate surface area is 224 Å². The van der Waals surface area contributed by atoms with Crippen LogP contribution >= 0.6 is 11.8 Å². The molecule has 0 radical (unpaired) electrons. The van der Waals surface area contributed by atoms with E-state index in [1.54, 1.807) is 25.1 Å². The van der Waals surface area contributed by atoms with Gasteiger partial charge in [-0.25, -0.2) is 0 Å². The Balaban J connectivity index is 1.90. The number of amides is 1. The summed E-state index contributed by atoms with van der Waals surface area (Å²) >= 11 is 1.34. The number of carbonyl (C=O) groups is 1. The Morgan fingerprint density at radius 2 is 1.79 bits per heavy atom. The van der Waals surface area contributed by atoms with E-state index in [4.69, 9.17) is 18.9 Å². The quantitative estimate of drug-likeness (QED) is 0.395. The van der Waals surface area contributed by atoms with E-state index < -0.39 is 36.7 Å². The number of aliphatic hydroxyl groups excluding tert-OH is 3. The van der Waals surface area contributed by atoms with Crippen LogP contribution in [0.4, 0.5) is 0 Å². The maximum Gasteiger partial charge on any atom is 0.229 e. The summed E-state index contributed by atoms with van der Waals surface area (Å²) < 4.78 is 23.2. The van der Waals surface area contributed by atoms with Crippen molar-refractivity contribution < 1.29 is 39.1 Å². The summed E-state index contributed by atoms with van der Waals surface area (Å²) in [6.45, 7) is 3.00. The number of fused-ring (bicyclic) bond motifs is 3. The molecule has 11 heteroatoms. The first-order chi connectivity index (χ1) is 18.1. The van der Waals surface area contributed by atoms with Crippen molar-refractivity contribution in [3.63, 3.8) is 0 Å². The average Bonchev–Trinajstić information content (AvgIpc) is 3.13. The zero-order chi connectivity index (χ0) is 27.7. The molecule has 0 spiro atoms. The second kappa shape index (κ2) is 11.5. The van der Waals surface area contributed by atoms with E-state index in [0.29, 0.717) is 40.2 Å². The highest BCUT2D eigenvalue weighted by atomic mass is 32.2. The summed E-state index contributed by atoms with van der Waals surface area (Å²) in [6, 6.07) is 6.48. The minimum atomic E-state index is -1.51. The van der Waals surface area contributed by atoms with Gasteiger partial charge >= 0.3 is 0 Å². The molecule has 0 bridgehead atoms. The zero-order valence-corrected chi connectivity index (χ0v) is 22.7. The molecular formula is C27H33NO9S. The van der Waals surface area contributed by atoms with Gasteiger partial charge in [0.15, 0.2) is 16.9 Å². The highest BCUT2D eigenvalue weighted by Gasteiger charge is 2.43. The summed E-state index contributed by atoms with van der Waals surface area (Å²) in [4.78, 5) is 25.6. The van der Waals surface area contributed by atoms with Gasteiger partial charge in [-0.05, 0) is 60.9 Å². The number of aryl methyl sites for hydroxylation is 1. The highest BCUT2D eigenvalue weighted by molar-refractivity contribution is 7.98. The third kappa shape index (κ3) is 5.21. The number of benzene rings is 1. The molecule has 10 nitrogen and oxygen atoms in total. The molecule has 1 unspecified atom stereocenters. The number of ether oxygens (including phenoxy) is 4. The van der Waals surface area contributed by atoms with Gasteiger partial charge in [0.2, 0.25) is 17.9 Å². The molecule has 206 valence electrons. The zero-order valence-electron chi connectivity index (χ0n) is 21.9. The molecule has 0 aromatic heterocycles. The number of rotatable bonds is 6. The molecule has 0 saturated carbocycles. The van der Waals surface area contributed by atoms with Gasteiger partial charge in [-0.15, -0.1) is 11.8 Å². The number of methoxy groups -OCH3 is 2. The van der Waals surface area contributed by atoms with Crippen LogP contribution in [0.1, 0.15) is 37.4 Å². The summed E-state index contributed by atoms with van der Waals surface area (Å²) in [5.41, 5.74) is 2.71. The van der Waals surface area contributed by atoms with Crippen LogP contribution in [0.2, 0.25) is 0 Å². The van der Waals surface area contributed by atoms with E-state index in [9.17, 15) is 24.9 Å². The monoisotopic (exact) mass is 547 g/mol. The number of carbonyl (C=O) groups excluding carboxylic acids is 1. The van der Waals surface area contributed by atoms with E-state index in [-0.39, 0.29) is 22.8 Å². The predicted octanol–water partition coefficient (Wildman–Crippen LogP) is 1.78. The van der Waals surface area contributed by atoms with Crippen molar-refractivity contribution in [1.82, 2.24) is 5.32 Å². The third-order valence-corrected chi connectivity index (χ3v) is 7.71. The highest BCUT2D eigenvalue weighted by Crippen LogP contribution is 2.50. The lowest BCUT2D eigenvalue weighted by Gasteiger charge is -2.39. The smallest absolute Gasteiger partial charge is 0.229 e. The fourth-order valence-electron chi connectivity index (χ4n) is 5.03. The summed E-state index contributed by atoms with van der Waals surface area (Å²) in [7, 11) is 2.93. The molecule has 2 aliphatic rings. The summed E-state index contributed by atoms with van der Waals surface area (Å²) in [5.74, 6) is 0.547. The molecule has 1 saturated heterocycles. The van der Waals surface area contributed by atoms with Gasteiger partial charge in [0.25, 0.3) is 0 Å². The van der Waals surface area contributed by atoms with Crippen molar-refractivity contribution in [3.8, 4) is 28.4 Å². The fourth-order valence-corrected chi connectivity index (χ4v) is 5.50. The maximum atomic E-state index is 13.0. The van der Waals surface area contributed by atoms with Crippen molar-refractivity contribution in [2.24, 2.45) is 0 Å². The fraction of sp³-hybridized carbons (Fsp3) is 0.481. The van der Waals surface area contributed by atoms with Gasteiger partial charge in [-0.2, -0.15) is 0 Å². The SMILES string of the molecule is COc1c(OC2O[C@@H](C)[C@@H](O)[C@@H](O)[C@@H]2O)cc2c(c1OC)-c1ccc(SC)c(=O)cc1[C@@H](NC(C)=O)CC2. The van der Waals surface area contributed by atoms with Crippen LogP contribution < -0.4 is 25.0 Å². The van der Waals surface area contributed by atoms with Crippen LogP contribution in [0.3, 0.4) is 0 Å². The summed E-state index contributed by atoms with van der Waals surface area (Å²) in [6.07, 6.45) is -3.50. The third-order valence-electron chi connectivity index (χ3n) is 6.93. The number of aliphatic hydroxyl groups is 3. The average molecular weight is 548 g/mol. The number of nitrogens with one attached hydrogen (secondary N) is 1. The number of thioether (sulfide) groups is 1. The summed E-state index contributed by atoms with van der Waals surface area (Å²) in [5, 5.41) is 33.8. The second-order valence-corrected chi connectivity index (χ2v) is 10.2. The van der Waals surface area contributed by atoms with Gasteiger partial charge in [0.05, 0.1) is 31.3 Å². The first kappa shape index (κ1) is 28.2. The Bertz CT molecular complexity index is 1270. The molecule has 6 atom stereocenters. The van der Waals surface area contributed by atoms with E-state index in [1.807, 2.05) is 12.3 Å². The van der Waals surface area contributed by atoms with E-state index in [0.717, 1.165) is 5.56 Å². The van der Waals surface area contributed by atoms with Crippen molar-refractivity contribution in [2.75, 3.05) is 20.5 Å². The molecule has 1 heterocycles. The molecule has 2 aromatic rings. The largest absolute Gasteiger partial charge is 0.492 e. The van der Waals surface area contributed by atoms with Gasteiger partial charge < -0.3 is 39.6 Å². The Hall–Kier alpha value is -2.83. The van der Waals surface area contributed by atoms with Crippen LogP contribution in [-0.4, -0.2) is 72.4 Å². The first-order valence-electron chi connectivity index (χ1n) is 12.2. The lowest BCUT2D eigenvalue weighted by atomic mass is 9.95. The molecule has 1 aliphatic carbocycles. The molecule has 4 rings (SSSR count). The van der Waals surface area contributed by atoms with Gasteiger partial charge in [0, 0.05) is 12.5 Å².